The van der Waals surface area contributed by atoms with Gasteiger partial charge in [0.05, 0.1) is 31.1 Å². The van der Waals surface area contributed by atoms with Crippen LogP contribution in [-0.2, 0) is 14.3 Å². The Morgan fingerprint density at radius 2 is 1.95 bits per heavy atom. The Hall–Kier alpha value is -1.72. The molecule has 0 N–H and O–H groups in total. The standard InChI is InChI=1S/C14H17NO4/c1-10-3-4-12-11(9-10)13(16)14(17)15(12)5-6-19-8-7-18-2/h3-4,9H,5-8H2,1-2H3. The van der Waals surface area contributed by atoms with E-state index in [9.17, 15) is 9.59 Å². The average molecular weight is 263 g/mol. The number of rotatable bonds is 6. The van der Waals surface area contributed by atoms with Crippen molar-refractivity contribution >= 4 is 17.4 Å². The molecule has 0 spiro atoms. The molecule has 0 unspecified atom stereocenters. The molecule has 19 heavy (non-hydrogen) atoms. The molecule has 1 aromatic carbocycles. The summed E-state index contributed by atoms with van der Waals surface area (Å²) < 4.78 is 10.2. The zero-order chi connectivity index (χ0) is 13.8. The van der Waals surface area contributed by atoms with Crippen LogP contribution < -0.4 is 4.90 Å². The molecule has 0 saturated carbocycles. The lowest BCUT2D eigenvalue weighted by molar-refractivity contribution is -0.114. The number of carbonyl (C=O) groups excluding carboxylic acids is 2. The molecule has 1 aliphatic rings. The van der Waals surface area contributed by atoms with E-state index >= 15 is 0 Å². The number of benzene rings is 1. The van der Waals surface area contributed by atoms with E-state index in [-0.39, 0.29) is 0 Å². The fourth-order valence-electron chi connectivity index (χ4n) is 2.04. The maximum atomic E-state index is 11.9. The molecule has 1 aliphatic heterocycles. The number of amides is 1. The number of ketones is 1. The summed E-state index contributed by atoms with van der Waals surface area (Å²) in [6, 6.07) is 5.45. The van der Waals surface area contributed by atoms with Gasteiger partial charge < -0.3 is 14.4 Å². The van der Waals surface area contributed by atoms with Gasteiger partial charge in [0.15, 0.2) is 0 Å². The van der Waals surface area contributed by atoms with E-state index < -0.39 is 11.7 Å². The number of ether oxygens (including phenoxy) is 2. The van der Waals surface area contributed by atoms with Crippen LogP contribution in [0, 0.1) is 6.92 Å². The van der Waals surface area contributed by atoms with Crippen molar-refractivity contribution in [2.24, 2.45) is 0 Å². The topological polar surface area (TPSA) is 55.8 Å². The van der Waals surface area contributed by atoms with Crippen LogP contribution in [-0.4, -0.2) is 45.2 Å². The Morgan fingerprint density at radius 1 is 1.16 bits per heavy atom. The summed E-state index contributed by atoms with van der Waals surface area (Å²) in [5.74, 6) is -0.911. The molecule has 5 heteroatoms. The molecule has 1 aromatic rings. The highest BCUT2D eigenvalue weighted by molar-refractivity contribution is 6.52. The van der Waals surface area contributed by atoms with Gasteiger partial charge >= 0.3 is 0 Å². The monoisotopic (exact) mass is 263 g/mol. The third kappa shape index (κ3) is 2.83. The molecular formula is C14H17NO4. The highest BCUT2D eigenvalue weighted by atomic mass is 16.5. The van der Waals surface area contributed by atoms with Gasteiger partial charge in [-0.1, -0.05) is 11.6 Å². The molecule has 102 valence electrons. The summed E-state index contributed by atoms with van der Waals surface area (Å²) in [7, 11) is 1.60. The van der Waals surface area contributed by atoms with Gasteiger partial charge in [-0.25, -0.2) is 0 Å². The summed E-state index contributed by atoms with van der Waals surface area (Å²) in [6.07, 6.45) is 0. The van der Waals surface area contributed by atoms with E-state index in [0.717, 1.165) is 5.56 Å². The Kier molecular flexibility index (Phi) is 4.29. The number of anilines is 1. The lowest BCUT2D eigenvalue weighted by Crippen LogP contribution is -2.33. The van der Waals surface area contributed by atoms with E-state index in [0.29, 0.717) is 37.6 Å². The van der Waals surface area contributed by atoms with Gasteiger partial charge in [0.1, 0.15) is 0 Å². The van der Waals surface area contributed by atoms with Crippen molar-refractivity contribution in [1.82, 2.24) is 0 Å². The fraction of sp³-hybridized carbons (Fsp3) is 0.429. The van der Waals surface area contributed by atoms with Crippen LogP contribution in [0.25, 0.3) is 0 Å². The van der Waals surface area contributed by atoms with E-state index in [1.165, 1.54) is 4.90 Å². The van der Waals surface area contributed by atoms with Crippen molar-refractivity contribution in [2.75, 3.05) is 38.4 Å². The molecule has 0 aliphatic carbocycles. The second kappa shape index (κ2) is 5.95. The van der Waals surface area contributed by atoms with Crippen molar-refractivity contribution in [3.8, 4) is 0 Å². The lowest BCUT2D eigenvalue weighted by atomic mass is 10.1. The first-order valence-corrected chi connectivity index (χ1v) is 6.18. The Morgan fingerprint density at radius 3 is 2.68 bits per heavy atom. The minimum atomic E-state index is -0.476. The van der Waals surface area contributed by atoms with Gasteiger partial charge in [0, 0.05) is 13.7 Å². The molecule has 2 rings (SSSR count). The van der Waals surface area contributed by atoms with Gasteiger partial charge in [-0.15, -0.1) is 0 Å². The van der Waals surface area contributed by atoms with E-state index in [4.69, 9.17) is 9.47 Å². The lowest BCUT2D eigenvalue weighted by Gasteiger charge is -2.16. The van der Waals surface area contributed by atoms with Gasteiger partial charge in [-0.05, 0) is 19.1 Å². The summed E-state index contributed by atoms with van der Waals surface area (Å²) in [5.41, 5.74) is 2.14. The summed E-state index contributed by atoms with van der Waals surface area (Å²) in [6.45, 7) is 3.66. The number of fused-ring (bicyclic) bond motifs is 1. The number of methoxy groups -OCH3 is 1. The maximum absolute atomic E-state index is 11.9. The van der Waals surface area contributed by atoms with E-state index in [2.05, 4.69) is 0 Å². The number of aryl methyl sites for hydroxylation is 1. The van der Waals surface area contributed by atoms with Crippen molar-refractivity contribution in [3.05, 3.63) is 29.3 Å². The molecular weight excluding hydrogens is 246 g/mol. The molecule has 0 radical (unpaired) electrons. The zero-order valence-corrected chi connectivity index (χ0v) is 11.1. The van der Waals surface area contributed by atoms with Gasteiger partial charge in [-0.2, -0.15) is 0 Å². The van der Waals surface area contributed by atoms with Crippen LogP contribution in [0.1, 0.15) is 15.9 Å². The van der Waals surface area contributed by atoms with E-state index in [1.807, 2.05) is 19.1 Å². The molecule has 0 bridgehead atoms. The second-order valence-corrected chi connectivity index (χ2v) is 4.41. The second-order valence-electron chi connectivity index (χ2n) is 4.41. The molecule has 1 amide bonds. The largest absolute Gasteiger partial charge is 0.382 e. The number of carbonyl (C=O) groups is 2. The van der Waals surface area contributed by atoms with E-state index in [1.54, 1.807) is 13.2 Å². The molecule has 0 fully saturated rings. The maximum Gasteiger partial charge on any atom is 0.299 e. The Labute approximate surface area is 112 Å². The highest BCUT2D eigenvalue weighted by Crippen LogP contribution is 2.29. The minimum absolute atomic E-state index is 0.379. The van der Waals surface area contributed by atoms with Crippen LogP contribution in [0.4, 0.5) is 5.69 Å². The first-order chi connectivity index (χ1) is 9.15. The zero-order valence-electron chi connectivity index (χ0n) is 11.1. The number of Topliss-reactive ketones (excluding diaryl/α,β-unsaturated/α-hetero) is 1. The average Bonchev–Trinajstić information content (AvgIpc) is 2.63. The molecule has 0 atom stereocenters. The van der Waals surface area contributed by atoms with Crippen LogP contribution in [0.5, 0.6) is 0 Å². The van der Waals surface area contributed by atoms with Crippen molar-refractivity contribution in [1.29, 1.82) is 0 Å². The fourth-order valence-corrected chi connectivity index (χ4v) is 2.04. The van der Waals surface area contributed by atoms with Crippen molar-refractivity contribution in [3.63, 3.8) is 0 Å². The first kappa shape index (κ1) is 13.7. The number of hydrogen-bond donors (Lipinski definition) is 0. The Bertz CT molecular complexity index is 498. The SMILES string of the molecule is COCCOCCN1C(=O)C(=O)c2cc(C)ccc21. The van der Waals surface area contributed by atoms with Gasteiger partial charge in [-0.3, -0.25) is 9.59 Å². The van der Waals surface area contributed by atoms with Crippen molar-refractivity contribution in [2.45, 2.75) is 6.92 Å². The van der Waals surface area contributed by atoms with Crippen LogP contribution in [0.15, 0.2) is 18.2 Å². The van der Waals surface area contributed by atoms with Gasteiger partial charge in [0.25, 0.3) is 11.7 Å². The van der Waals surface area contributed by atoms with Crippen molar-refractivity contribution < 1.29 is 19.1 Å². The van der Waals surface area contributed by atoms with Crippen LogP contribution >= 0.6 is 0 Å². The van der Waals surface area contributed by atoms with Crippen LogP contribution in [0.3, 0.4) is 0 Å². The molecule has 1 heterocycles. The third-order valence-corrected chi connectivity index (χ3v) is 3.02. The molecule has 0 aromatic heterocycles. The molecule has 0 saturated heterocycles. The number of hydrogen-bond acceptors (Lipinski definition) is 4. The predicted molar refractivity (Wildman–Crippen MR) is 70.6 cm³/mol. The smallest absolute Gasteiger partial charge is 0.299 e. The third-order valence-electron chi connectivity index (χ3n) is 3.02. The predicted octanol–water partition coefficient (Wildman–Crippen LogP) is 1.19. The Balaban J connectivity index is 2.02. The normalized spacial score (nSPS) is 14.1. The summed E-state index contributed by atoms with van der Waals surface area (Å²) in [5, 5.41) is 0. The first-order valence-electron chi connectivity index (χ1n) is 6.18. The van der Waals surface area contributed by atoms with Crippen LogP contribution in [0.2, 0.25) is 0 Å². The quantitative estimate of drug-likeness (QED) is 0.571. The number of nitrogens with zero attached hydrogens (tertiary/aromatic N) is 1. The van der Waals surface area contributed by atoms with Gasteiger partial charge in [0.2, 0.25) is 0 Å². The minimum Gasteiger partial charge on any atom is -0.382 e. The summed E-state index contributed by atoms with van der Waals surface area (Å²) >= 11 is 0. The summed E-state index contributed by atoms with van der Waals surface area (Å²) in [4.78, 5) is 25.2. The highest BCUT2D eigenvalue weighted by Gasteiger charge is 2.35. The molecule has 5 nitrogen and oxygen atoms in total.